The molecule has 1 aromatic carbocycles. The summed E-state index contributed by atoms with van der Waals surface area (Å²) in [7, 11) is 0. The molecule has 0 aliphatic rings. The van der Waals surface area contributed by atoms with Gasteiger partial charge in [-0.1, -0.05) is 0 Å². The third kappa shape index (κ3) is 2.78. The Kier molecular flexibility index (Phi) is 3.48. The number of non-ortho nitro benzene ring substituents is 2. The highest BCUT2D eigenvalue weighted by atomic mass is 19.4. The van der Waals surface area contributed by atoms with Gasteiger partial charge < -0.3 is 5.11 Å². The zero-order valence-corrected chi connectivity index (χ0v) is 9.34. The number of nitro groups is 2. The SMILES string of the molecule is CC(O)(c1cc([N+](=O)[O-])cc([N+](=O)[O-])c1)C(F)(F)F. The van der Waals surface area contributed by atoms with Gasteiger partial charge in [-0.3, -0.25) is 20.2 Å². The van der Waals surface area contributed by atoms with Gasteiger partial charge in [-0.15, -0.1) is 0 Å². The number of hydrogen-bond donors (Lipinski definition) is 1. The Balaban J connectivity index is 3.52. The first-order valence-corrected chi connectivity index (χ1v) is 4.70. The largest absolute Gasteiger partial charge is 0.421 e. The molecule has 0 amide bonds. The van der Waals surface area contributed by atoms with Crippen LogP contribution in [-0.2, 0) is 5.60 Å². The van der Waals surface area contributed by atoms with Crippen LogP contribution in [0.4, 0.5) is 24.5 Å². The van der Waals surface area contributed by atoms with Crippen molar-refractivity contribution >= 4 is 11.4 Å². The molecule has 1 N–H and O–H groups in total. The Morgan fingerprint density at radius 2 is 1.42 bits per heavy atom. The summed E-state index contributed by atoms with van der Waals surface area (Å²) in [6.45, 7) is 0.357. The van der Waals surface area contributed by atoms with E-state index in [0.29, 0.717) is 25.1 Å². The summed E-state index contributed by atoms with van der Waals surface area (Å²) >= 11 is 0. The van der Waals surface area contributed by atoms with E-state index in [1.54, 1.807) is 0 Å². The van der Waals surface area contributed by atoms with E-state index in [0.717, 1.165) is 0 Å². The molecule has 1 rings (SSSR count). The second-order valence-corrected chi connectivity index (χ2v) is 3.82. The van der Waals surface area contributed by atoms with Crippen molar-refractivity contribution in [1.82, 2.24) is 0 Å². The number of nitro benzene ring substituents is 2. The van der Waals surface area contributed by atoms with Crippen LogP contribution in [0.5, 0.6) is 0 Å². The summed E-state index contributed by atoms with van der Waals surface area (Å²) in [5.74, 6) is 0. The van der Waals surface area contributed by atoms with E-state index in [9.17, 15) is 38.5 Å². The predicted octanol–water partition coefficient (Wildman–Crippen LogP) is 2.27. The van der Waals surface area contributed by atoms with E-state index in [-0.39, 0.29) is 0 Å². The molecule has 0 heterocycles. The van der Waals surface area contributed by atoms with Gasteiger partial charge in [0.25, 0.3) is 11.4 Å². The normalized spacial score (nSPS) is 14.8. The molecule has 0 aliphatic carbocycles. The van der Waals surface area contributed by atoms with Crippen LogP contribution < -0.4 is 0 Å². The molecule has 0 saturated heterocycles. The predicted molar refractivity (Wildman–Crippen MR) is 55.4 cm³/mol. The lowest BCUT2D eigenvalue weighted by Crippen LogP contribution is -2.39. The Hall–Kier alpha value is -2.23. The van der Waals surface area contributed by atoms with E-state index < -0.39 is 38.6 Å². The van der Waals surface area contributed by atoms with Crippen LogP contribution in [0.1, 0.15) is 12.5 Å². The van der Waals surface area contributed by atoms with E-state index in [2.05, 4.69) is 0 Å². The fourth-order valence-electron chi connectivity index (χ4n) is 1.25. The van der Waals surface area contributed by atoms with Crippen molar-refractivity contribution in [3.05, 3.63) is 44.0 Å². The highest BCUT2D eigenvalue weighted by Crippen LogP contribution is 2.40. The molecule has 0 saturated carbocycles. The molecular weight excluding hydrogens is 273 g/mol. The highest BCUT2D eigenvalue weighted by Gasteiger charge is 2.52. The van der Waals surface area contributed by atoms with Crippen LogP contribution in [0.2, 0.25) is 0 Å². The standard InChI is InChI=1S/C9H7F3N2O5/c1-8(15,9(10,11)12)5-2-6(13(16)17)4-7(3-5)14(18)19/h2-4,15H,1H3. The Labute approximate surface area is 103 Å². The lowest BCUT2D eigenvalue weighted by molar-refractivity contribution is -0.394. The smallest absolute Gasteiger partial charge is 0.376 e. The Morgan fingerprint density at radius 3 is 1.68 bits per heavy atom. The molecule has 0 spiro atoms. The Bertz CT molecular complexity index is 509. The van der Waals surface area contributed by atoms with Crippen molar-refractivity contribution in [3.8, 4) is 0 Å². The number of hydrogen-bond acceptors (Lipinski definition) is 5. The van der Waals surface area contributed by atoms with E-state index >= 15 is 0 Å². The summed E-state index contributed by atoms with van der Waals surface area (Å²) in [6.07, 6.45) is -5.13. The van der Waals surface area contributed by atoms with Crippen LogP contribution in [0, 0.1) is 20.2 Å². The maximum atomic E-state index is 12.6. The first-order valence-electron chi connectivity index (χ1n) is 4.70. The van der Waals surface area contributed by atoms with Crippen LogP contribution in [0.3, 0.4) is 0 Å². The topological polar surface area (TPSA) is 107 Å². The monoisotopic (exact) mass is 280 g/mol. The van der Waals surface area contributed by atoms with Gasteiger partial charge in [-0.05, 0) is 6.92 Å². The Morgan fingerprint density at radius 1 is 1.05 bits per heavy atom. The van der Waals surface area contributed by atoms with Crippen molar-refractivity contribution in [2.24, 2.45) is 0 Å². The van der Waals surface area contributed by atoms with Crippen molar-refractivity contribution in [1.29, 1.82) is 0 Å². The summed E-state index contributed by atoms with van der Waals surface area (Å²) in [5.41, 5.74) is -6.22. The molecule has 104 valence electrons. The number of benzene rings is 1. The molecule has 1 aromatic rings. The molecule has 0 bridgehead atoms. The summed E-state index contributed by atoms with van der Waals surface area (Å²) in [5, 5.41) is 30.4. The number of aliphatic hydroxyl groups is 1. The summed E-state index contributed by atoms with van der Waals surface area (Å²) in [4.78, 5) is 18.9. The van der Waals surface area contributed by atoms with Crippen molar-refractivity contribution in [3.63, 3.8) is 0 Å². The van der Waals surface area contributed by atoms with Gasteiger partial charge in [0.2, 0.25) is 0 Å². The van der Waals surface area contributed by atoms with Crippen molar-refractivity contribution < 1.29 is 28.1 Å². The lowest BCUT2D eigenvalue weighted by atomic mass is 9.94. The first kappa shape index (κ1) is 14.8. The third-order valence-electron chi connectivity index (χ3n) is 2.44. The van der Waals surface area contributed by atoms with Gasteiger partial charge in [-0.25, -0.2) is 0 Å². The van der Waals surface area contributed by atoms with Gasteiger partial charge in [0.05, 0.1) is 15.9 Å². The molecular formula is C9H7F3N2O5. The van der Waals surface area contributed by atoms with E-state index in [1.807, 2.05) is 0 Å². The van der Waals surface area contributed by atoms with Crippen LogP contribution >= 0.6 is 0 Å². The van der Waals surface area contributed by atoms with Crippen LogP contribution in [0.15, 0.2) is 18.2 Å². The molecule has 10 heteroatoms. The summed E-state index contributed by atoms with van der Waals surface area (Å²) < 4.78 is 37.8. The molecule has 0 aromatic heterocycles. The fourth-order valence-corrected chi connectivity index (χ4v) is 1.25. The average molecular weight is 280 g/mol. The molecule has 0 aliphatic heterocycles. The van der Waals surface area contributed by atoms with Gasteiger partial charge >= 0.3 is 6.18 Å². The van der Waals surface area contributed by atoms with Crippen molar-refractivity contribution in [2.45, 2.75) is 18.7 Å². The maximum Gasteiger partial charge on any atom is 0.421 e. The summed E-state index contributed by atoms with van der Waals surface area (Å²) in [6, 6.07) is 1.40. The average Bonchev–Trinajstić information content (AvgIpc) is 2.26. The van der Waals surface area contributed by atoms with E-state index in [1.165, 1.54) is 0 Å². The number of halogens is 3. The zero-order valence-electron chi connectivity index (χ0n) is 9.34. The van der Waals surface area contributed by atoms with E-state index in [4.69, 9.17) is 0 Å². The van der Waals surface area contributed by atoms with Crippen LogP contribution in [-0.4, -0.2) is 21.1 Å². The first-order chi connectivity index (χ1) is 8.46. The molecule has 7 nitrogen and oxygen atoms in total. The molecule has 1 atom stereocenters. The minimum Gasteiger partial charge on any atom is -0.376 e. The molecule has 1 unspecified atom stereocenters. The van der Waals surface area contributed by atoms with Gasteiger partial charge in [-0.2, -0.15) is 13.2 Å². The second kappa shape index (κ2) is 4.46. The maximum absolute atomic E-state index is 12.6. The molecule has 0 fully saturated rings. The second-order valence-electron chi connectivity index (χ2n) is 3.82. The molecule has 0 radical (unpaired) electrons. The van der Waals surface area contributed by atoms with Crippen LogP contribution in [0.25, 0.3) is 0 Å². The minimum absolute atomic E-state index is 0.357. The minimum atomic E-state index is -5.13. The quantitative estimate of drug-likeness (QED) is 0.675. The van der Waals surface area contributed by atoms with Gasteiger partial charge in [0.15, 0.2) is 5.60 Å². The lowest BCUT2D eigenvalue weighted by Gasteiger charge is -2.26. The van der Waals surface area contributed by atoms with Crippen molar-refractivity contribution in [2.75, 3.05) is 0 Å². The number of rotatable bonds is 3. The fraction of sp³-hybridized carbons (Fsp3) is 0.333. The molecule has 19 heavy (non-hydrogen) atoms. The van der Waals surface area contributed by atoms with Gasteiger partial charge in [0.1, 0.15) is 0 Å². The zero-order chi connectivity index (χ0) is 15.0. The number of alkyl halides is 3. The highest BCUT2D eigenvalue weighted by molar-refractivity contribution is 5.48. The third-order valence-corrected chi connectivity index (χ3v) is 2.44. The van der Waals surface area contributed by atoms with Gasteiger partial charge in [0, 0.05) is 17.7 Å². The number of nitrogens with zero attached hydrogens (tertiary/aromatic N) is 2.